The predicted octanol–water partition coefficient (Wildman–Crippen LogP) is -9.29. The molecule has 7 fully saturated rings. The number of amides is 7. The molecule has 21 rings (SSSR count). The molecule has 29 N–H and O–H groups in total. The Morgan fingerprint density at radius 1 is 0.400 bits per heavy atom. The fourth-order valence-electron chi connectivity index (χ4n) is 20.4. The molecule has 0 aromatic carbocycles. The number of epoxide rings is 3. The number of guanidine groups is 5. The molecule has 4 aliphatic carbocycles. The molecule has 4 saturated heterocycles. The molecule has 21 aliphatic rings. The van der Waals surface area contributed by atoms with Crippen LogP contribution in [-0.2, 0) is 47.8 Å². The normalized spacial score (nSPS) is 37.9. The lowest BCUT2D eigenvalue weighted by atomic mass is 9.93. The lowest BCUT2D eigenvalue weighted by Crippen LogP contribution is -2.64. The minimum absolute atomic E-state index is 0.0120. The van der Waals surface area contributed by atoms with Crippen molar-refractivity contribution in [3.63, 3.8) is 0 Å². The largest absolute Gasteiger partial charge is 0.389 e. The summed E-state index contributed by atoms with van der Waals surface area (Å²) in [6.45, 7) is 34.2. The van der Waals surface area contributed by atoms with E-state index >= 15 is 0 Å². The van der Waals surface area contributed by atoms with Crippen LogP contribution < -0.4 is 81.4 Å². The fraction of sp³-hybridized carbons (Fsp3) is 0.674. The third kappa shape index (κ3) is 20.6. The molecule has 0 spiro atoms. The van der Waals surface area contributed by atoms with Crippen LogP contribution in [0.25, 0.3) is 0 Å². The highest BCUT2D eigenvalue weighted by Crippen LogP contribution is 2.46. The van der Waals surface area contributed by atoms with E-state index in [-0.39, 0.29) is 215 Å². The third-order valence-corrected chi connectivity index (χ3v) is 28.0. The van der Waals surface area contributed by atoms with Crippen LogP contribution >= 0.6 is 0 Å². The van der Waals surface area contributed by atoms with Crippen molar-refractivity contribution in [3.05, 3.63) is 71.0 Å². The van der Waals surface area contributed by atoms with Gasteiger partial charge in [-0.1, -0.05) is 12.2 Å². The molecule has 17 heterocycles. The minimum Gasteiger partial charge on any atom is -0.389 e. The van der Waals surface area contributed by atoms with Crippen LogP contribution in [0.15, 0.2) is 111 Å². The van der Waals surface area contributed by atoms with Gasteiger partial charge in [-0.15, -0.1) is 0 Å². The van der Waals surface area contributed by atoms with Gasteiger partial charge in [0.05, 0.1) is 55.6 Å². The van der Waals surface area contributed by atoms with E-state index in [1.54, 1.807) is 45.1 Å². The van der Waals surface area contributed by atoms with Crippen molar-refractivity contribution in [2.75, 3.05) is 47.3 Å². The van der Waals surface area contributed by atoms with Crippen molar-refractivity contribution < 1.29 is 88.6 Å². The molecule has 3 saturated carbocycles. The number of hydrogen-bond acceptors (Lipinski definition) is 43. The van der Waals surface area contributed by atoms with Gasteiger partial charge in [0.2, 0.25) is 29.5 Å². The van der Waals surface area contributed by atoms with Crippen molar-refractivity contribution in [3.8, 4) is 0 Å². The van der Waals surface area contributed by atoms with Gasteiger partial charge in [0, 0.05) is 117 Å². The lowest BCUT2D eigenvalue weighted by Gasteiger charge is -2.41. The van der Waals surface area contributed by atoms with Crippen molar-refractivity contribution in [2.45, 2.75) is 303 Å². The monoisotopic (exact) mass is 1960 g/mol. The van der Waals surface area contributed by atoms with Gasteiger partial charge in [-0.3, -0.25) is 75.5 Å². The molecular formula is C89H137N33O18. The molecule has 17 aliphatic heterocycles. The smallest absolute Gasteiger partial charge is 0.256 e. The van der Waals surface area contributed by atoms with Gasteiger partial charge in [-0.2, -0.15) is 0 Å². The summed E-state index contributed by atoms with van der Waals surface area (Å²) in [5.41, 5.74) is 26.5. The van der Waals surface area contributed by atoms with E-state index in [0.717, 1.165) is 22.3 Å². The van der Waals surface area contributed by atoms with Gasteiger partial charge in [0.15, 0.2) is 54.2 Å². The molecule has 140 heavy (non-hydrogen) atoms. The van der Waals surface area contributed by atoms with Crippen LogP contribution in [0, 0.1) is 40.4 Å². The average Bonchev–Trinajstić information content (AvgIpc) is 1.59. The summed E-state index contributed by atoms with van der Waals surface area (Å²) in [7, 11) is 5.39. The first-order chi connectivity index (χ1) is 65.4. The number of aliphatic hydroxyl groups excluding tert-OH is 8. The molecule has 51 heteroatoms. The summed E-state index contributed by atoms with van der Waals surface area (Å²) in [5, 5.41) is 125. The van der Waals surface area contributed by atoms with E-state index in [9.17, 15) is 74.4 Å². The Balaban J connectivity index is 0.000000125. The molecular weight excluding hydrogens is 1820 g/mol. The van der Waals surface area contributed by atoms with E-state index in [1.807, 2.05) is 100 Å². The Hall–Kier alpha value is -11.6. The molecule has 0 radical (unpaired) electrons. The number of aliphatic hydroxyl groups is 8. The summed E-state index contributed by atoms with van der Waals surface area (Å²) < 4.78 is 16.0. The number of nitrogens with two attached hydrogens (primary N) is 4. The van der Waals surface area contributed by atoms with Crippen molar-refractivity contribution >= 4 is 102 Å². The summed E-state index contributed by atoms with van der Waals surface area (Å²) in [4.78, 5) is 134. The number of fused-ring (bicyclic) bond motifs is 10. The zero-order valence-electron chi connectivity index (χ0n) is 81.8. The van der Waals surface area contributed by atoms with Crippen molar-refractivity contribution in [1.29, 1.82) is 10.8 Å². The highest BCUT2D eigenvalue weighted by molar-refractivity contribution is 6.09. The molecule has 7 amide bonds. The second-order valence-electron chi connectivity index (χ2n) is 43.1. The quantitative estimate of drug-likeness (QED) is 0.0462. The number of ether oxygens (including phenoxy) is 3. The SMILES string of the molecule is CC(=N)C1=CN(C(C)(C)C)C2NC(=N)NC(=O)C12.CC(C)(C)N1C=C(CNC2C(O)C(O)C3OC23)C2C(=O)NC(N)=NC21.CC(C)(C)N1C=C(CNC2C=CC(O)C2O)C2C(=O)NC(N)=NC21.CC(C)(C)N1C=NC2C(=O)NC=NC21.CN1C=C(CNC2C(O)C(O)C3OC23)C2C(=O)NC(N)=NC21.CN1C=C(CNC2C(O)C(O)C3OC23)C2C(=O)NC(N)=NC21.CN1C=NC2C(N=CN2C(C)(C)C)C1=O. The van der Waals surface area contributed by atoms with Gasteiger partial charge in [-0.05, 0) is 133 Å². The number of aliphatic imine (C=N–C) groups is 8. The fourth-order valence-corrected chi connectivity index (χ4v) is 20.4. The summed E-state index contributed by atoms with van der Waals surface area (Å²) in [6, 6.07) is -2.08. The minimum atomic E-state index is -0.879. The maximum atomic E-state index is 12.5. The topological polar surface area (TPSA) is 728 Å². The highest BCUT2D eigenvalue weighted by Gasteiger charge is 2.65. The Bertz CT molecular complexity index is 5230. The Labute approximate surface area is 809 Å². The number of nitrogens with zero attached hydrogens (tertiary/aromatic N) is 16. The average molecular weight is 1960 g/mol. The Morgan fingerprint density at radius 3 is 1.12 bits per heavy atom. The second-order valence-corrected chi connectivity index (χ2v) is 43.1. The molecule has 32 unspecified atom stereocenters. The number of rotatable bonds is 13. The maximum Gasteiger partial charge on any atom is 0.256 e. The molecule has 0 aromatic rings. The molecule has 0 aromatic heterocycles. The summed E-state index contributed by atoms with van der Waals surface area (Å²) in [5.74, 6) is -2.51. The van der Waals surface area contributed by atoms with Crippen LogP contribution in [0.5, 0.6) is 0 Å². The number of carbonyl (C=O) groups excluding carboxylic acids is 7. The first-order valence-electron chi connectivity index (χ1n) is 46.8. The highest BCUT2D eigenvalue weighted by atomic mass is 16.6. The third-order valence-electron chi connectivity index (χ3n) is 28.0. The zero-order chi connectivity index (χ0) is 102. The van der Waals surface area contributed by atoms with Gasteiger partial charge in [0.1, 0.15) is 140 Å². The number of likely N-dealkylation sites (N-methyl/N-ethyl adjacent to an activating group) is 1. The summed E-state index contributed by atoms with van der Waals surface area (Å²) >= 11 is 0. The first-order valence-corrected chi connectivity index (χ1v) is 46.8. The molecule has 51 nitrogen and oxygen atoms in total. The first kappa shape index (κ1) is 103. The second kappa shape index (κ2) is 38.7. The maximum absolute atomic E-state index is 12.5. The van der Waals surface area contributed by atoms with Crippen LogP contribution in [-0.4, -0.2) is 422 Å². The van der Waals surface area contributed by atoms with Crippen LogP contribution in [0.2, 0.25) is 0 Å². The van der Waals surface area contributed by atoms with E-state index in [1.165, 1.54) is 11.2 Å². The standard InChI is InChI=1S/C16H25N5O4.C16H25N5O3.2C13H19N5O4.C12H19N5O.C10H16N4O.C9H14N4O/c1-16(2,3)21-5-6(7-13(21)19-15(17)20-14(7)24)4-18-8-9(22)10(23)12-11(8)25-12;1-16(2,3)21-7-8(6-18-9-4-5-10(22)12(9)23)11-13(21)19-15(17)20-14(11)24;2*1-18-3-4(5-11(18)16-13(14)17-12(5)21)2-15-6-7(19)8(20)10-9(6)22-10;1-6(13)7-5-17(12(2,3)4)9-8(7)10(18)16-11(14)15-9;1-10(2,3)14-6-11-7-8(14)12-5-13(4)9(7)15;1-9(2,3)13-5-12-6-7(13)10-4-11-8(6)14/h5,7-13,18,22-23H,4H2,1-3H3,(H3,17,19,20,24);4-5,7,9-13,18,22-23H,6H2,1-3H3,(H3,17,19,20,24);2*3,5-11,15,19-20H,2H2,1H3,(H3,14,16,17,21);5,8-9,13H,1-4H3,(H3,14,15,16,18);5-8H,1-4H3;4-7H,1-3H3,(H,10,11,14). The van der Waals surface area contributed by atoms with E-state index in [4.69, 9.17) is 48.0 Å². The van der Waals surface area contributed by atoms with Gasteiger partial charge < -0.3 is 155 Å². The summed E-state index contributed by atoms with van der Waals surface area (Å²) in [6.07, 6.45) is 9.13. The van der Waals surface area contributed by atoms with Crippen molar-refractivity contribution in [2.24, 2.45) is 92.5 Å². The zero-order valence-corrected chi connectivity index (χ0v) is 81.8. The van der Waals surface area contributed by atoms with Crippen molar-refractivity contribution in [1.82, 2.24) is 97.7 Å². The van der Waals surface area contributed by atoms with Crippen LogP contribution in [0.4, 0.5) is 0 Å². The van der Waals surface area contributed by atoms with Crippen LogP contribution in [0.3, 0.4) is 0 Å². The molecule has 0 bridgehead atoms. The van der Waals surface area contributed by atoms with E-state index in [2.05, 4.69) is 182 Å². The number of hydrogen-bond donors (Lipinski definition) is 25. The lowest BCUT2D eigenvalue weighted by molar-refractivity contribution is -0.129. The number of carbonyl (C=O) groups is 7. The Morgan fingerprint density at radius 2 is 0.757 bits per heavy atom. The van der Waals surface area contributed by atoms with E-state index in [0.29, 0.717) is 37.5 Å². The van der Waals surface area contributed by atoms with Gasteiger partial charge >= 0.3 is 0 Å². The molecule has 766 valence electrons. The Kier molecular flexibility index (Phi) is 28.4. The number of nitrogens with one attached hydrogen (secondary N) is 13. The van der Waals surface area contributed by atoms with Crippen LogP contribution in [0.1, 0.15) is 111 Å². The van der Waals surface area contributed by atoms with Gasteiger partial charge in [-0.25, -0.2) is 30.0 Å². The predicted molar refractivity (Wildman–Crippen MR) is 512 cm³/mol. The van der Waals surface area contributed by atoms with Gasteiger partial charge in [0.25, 0.3) is 11.8 Å². The molecule has 32 atom stereocenters. The van der Waals surface area contributed by atoms with E-state index < -0.39 is 78.4 Å².